The standard InChI is InChI=1S/C12H24BrNO/c1-2-15-11-5-9-14(10-8-13)12-6-3-4-7-12/h12H,2-11H2,1H3. The lowest BCUT2D eigenvalue weighted by Gasteiger charge is -2.28. The molecule has 0 saturated heterocycles. The monoisotopic (exact) mass is 277 g/mol. The Morgan fingerprint density at radius 2 is 2.00 bits per heavy atom. The van der Waals surface area contributed by atoms with Crippen molar-refractivity contribution >= 4 is 15.9 Å². The fraction of sp³-hybridized carbons (Fsp3) is 1.00. The van der Waals surface area contributed by atoms with E-state index in [0.29, 0.717) is 0 Å². The van der Waals surface area contributed by atoms with Crippen LogP contribution < -0.4 is 0 Å². The summed E-state index contributed by atoms with van der Waals surface area (Å²) in [5.41, 5.74) is 0. The molecular weight excluding hydrogens is 254 g/mol. The molecule has 15 heavy (non-hydrogen) atoms. The predicted octanol–water partition coefficient (Wildman–Crippen LogP) is 3.05. The van der Waals surface area contributed by atoms with E-state index in [9.17, 15) is 0 Å². The van der Waals surface area contributed by atoms with Crippen molar-refractivity contribution in [3.8, 4) is 0 Å². The van der Waals surface area contributed by atoms with Crippen LogP contribution in [0, 0.1) is 0 Å². The Balaban J connectivity index is 2.17. The Kier molecular flexibility index (Phi) is 7.67. The highest BCUT2D eigenvalue weighted by Crippen LogP contribution is 2.23. The van der Waals surface area contributed by atoms with Crippen LogP contribution in [0.3, 0.4) is 0 Å². The molecule has 1 rings (SSSR count). The summed E-state index contributed by atoms with van der Waals surface area (Å²) >= 11 is 3.55. The summed E-state index contributed by atoms with van der Waals surface area (Å²) in [5.74, 6) is 0. The number of ether oxygens (including phenoxy) is 1. The number of halogens is 1. The van der Waals surface area contributed by atoms with Crippen LogP contribution in [0.1, 0.15) is 39.0 Å². The molecule has 0 radical (unpaired) electrons. The highest BCUT2D eigenvalue weighted by Gasteiger charge is 2.21. The molecule has 0 aromatic rings. The summed E-state index contributed by atoms with van der Waals surface area (Å²) in [4.78, 5) is 2.64. The molecule has 0 amide bonds. The third-order valence-corrected chi connectivity index (χ3v) is 3.51. The van der Waals surface area contributed by atoms with Gasteiger partial charge in [-0.05, 0) is 26.2 Å². The summed E-state index contributed by atoms with van der Waals surface area (Å²) in [7, 11) is 0. The highest BCUT2D eigenvalue weighted by molar-refractivity contribution is 9.09. The summed E-state index contributed by atoms with van der Waals surface area (Å²) in [6, 6.07) is 0.851. The molecule has 0 heterocycles. The van der Waals surface area contributed by atoms with Crippen molar-refractivity contribution in [3.05, 3.63) is 0 Å². The zero-order valence-corrected chi connectivity index (χ0v) is 11.5. The van der Waals surface area contributed by atoms with E-state index in [4.69, 9.17) is 4.74 Å². The summed E-state index contributed by atoms with van der Waals surface area (Å²) < 4.78 is 5.39. The maximum Gasteiger partial charge on any atom is 0.0478 e. The van der Waals surface area contributed by atoms with Crippen LogP contribution in [0.2, 0.25) is 0 Å². The topological polar surface area (TPSA) is 12.5 Å². The molecule has 0 unspecified atom stereocenters. The van der Waals surface area contributed by atoms with Gasteiger partial charge in [0.1, 0.15) is 0 Å². The van der Waals surface area contributed by atoms with Gasteiger partial charge in [-0.25, -0.2) is 0 Å². The van der Waals surface area contributed by atoms with Gasteiger partial charge in [-0.15, -0.1) is 0 Å². The molecule has 0 atom stereocenters. The van der Waals surface area contributed by atoms with Crippen molar-refractivity contribution in [2.24, 2.45) is 0 Å². The third kappa shape index (κ3) is 5.32. The average molecular weight is 278 g/mol. The fourth-order valence-electron chi connectivity index (χ4n) is 2.37. The van der Waals surface area contributed by atoms with Crippen molar-refractivity contribution in [2.45, 2.75) is 45.1 Å². The lowest BCUT2D eigenvalue weighted by molar-refractivity contribution is 0.123. The van der Waals surface area contributed by atoms with E-state index < -0.39 is 0 Å². The first kappa shape index (κ1) is 13.5. The molecule has 1 aliphatic rings. The van der Waals surface area contributed by atoms with Gasteiger partial charge in [0.05, 0.1) is 0 Å². The van der Waals surface area contributed by atoms with Crippen molar-refractivity contribution in [1.29, 1.82) is 0 Å². The maximum atomic E-state index is 5.39. The molecule has 2 nitrogen and oxygen atoms in total. The Bertz CT molecular complexity index is 149. The molecule has 1 aliphatic carbocycles. The smallest absolute Gasteiger partial charge is 0.0478 e. The molecule has 1 saturated carbocycles. The highest BCUT2D eigenvalue weighted by atomic mass is 79.9. The predicted molar refractivity (Wildman–Crippen MR) is 68.7 cm³/mol. The minimum atomic E-state index is 0.849. The number of nitrogens with zero attached hydrogens (tertiary/aromatic N) is 1. The van der Waals surface area contributed by atoms with Gasteiger partial charge < -0.3 is 4.74 Å². The molecule has 0 N–H and O–H groups in total. The summed E-state index contributed by atoms with van der Waals surface area (Å²) in [5, 5.41) is 1.10. The fourth-order valence-corrected chi connectivity index (χ4v) is 2.82. The molecule has 0 spiro atoms. The van der Waals surface area contributed by atoms with Crippen LogP contribution in [0.4, 0.5) is 0 Å². The van der Waals surface area contributed by atoms with Crippen LogP contribution in [0.5, 0.6) is 0 Å². The first-order valence-corrected chi connectivity index (χ1v) is 7.38. The summed E-state index contributed by atoms with van der Waals surface area (Å²) in [6.45, 7) is 6.23. The first-order chi connectivity index (χ1) is 7.38. The van der Waals surface area contributed by atoms with Crippen molar-refractivity contribution in [1.82, 2.24) is 4.90 Å². The average Bonchev–Trinajstić information content (AvgIpc) is 2.76. The maximum absolute atomic E-state index is 5.39. The van der Waals surface area contributed by atoms with E-state index in [1.54, 1.807) is 0 Å². The Labute approximate surface area is 102 Å². The van der Waals surface area contributed by atoms with E-state index in [-0.39, 0.29) is 0 Å². The van der Waals surface area contributed by atoms with Gasteiger partial charge in [0, 0.05) is 37.7 Å². The molecule has 3 heteroatoms. The molecule has 0 bridgehead atoms. The minimum absolute atomic E-state index is 0.849. The molecule has 1 fully saturated rings. The zero-order chi connectivity index (χ0) is 10.9. The van der Waals surface area contributed by atoms with Crippen LogP contribution >= 0.6 is 15.9 Å². The van der Waals surface area contributed by atoms with Crippen molar-refractivity contribution in [2.75, 3.05) is 31.6 Å². The summed E-state index contributed by atoms with van der Waals surface area (Å²) in [6.07, 6.45) is 6.84. The first-order valence-electron chi connectivity index (χ1n) is 6.26. The molecule has 0 aromatic carbocycles. The van der Waals surface area contributed by atoms with E-state index in [1.165, 1.54) is 45.2 Å². The van der Waals surface area contributed by atoms with Crippen LogP contribution in [0.25, 0.3) is 0 Å². The van der Waals surface area contributed by atoms with Gasteiger partial charge in [0.2, 0.25) is 0 Å². The third-order valence-electron chi connectivity index (χ3n) is 3.15. The lowest BCUT2D eigenvalue weighted by Crippen LogP contribution is -2.36. The van der Waals surface area contributed by atoms with E-state index in [2.05, 4.69) is 27.8 Å². The molecule has 0 aromatic heterocycles. The van der Waals surface area contributed by atoms with Gasteiger partial charge in [-0.3, -0.25) is 4.90 Å². The normalized spacial score (nSPS) is 17.8. The SMILES string of the molecule is CCOCCCN(CCBr)C1CCCC1. The van der Waals surface area contributed by atoms with E-state index >= 15 is 0 Å². The largest absolute Gasteiger partial charge is 0.382 e. The van der Waals surface area contributed by atoms with Crippen molar-refractivity contribution < 1.29 is 4.74 Å². The molecular formula is C12H24BrNO. The number of alkyl halides is 1. The van der Waals surface area contributed by atoms with Crippen molar-refractivity contribution in [3.63, 3.8) is 0 Å². The number of rotatable bonds is 8. The van der Waals surface area contributed by atoms with E-state index in [1.807, 2.05) is 0 Å². The minimum Gasteiger partial charge on any atom is -0.382 e. The zero-order valence-electron chi connectivity index (χ0n) is 9.88. The number of hydrogen-bond acceptors (Lipinski definition) is 2. The van der Waals surface area contributed by atoms with Gasteiger partial charge in [0.15, 0.2) is 0 Å². The van der Waals surface area contributed by atoms with Gasteiger partial charge >= 0.3 is 0 Å². The van der Waals surface area contributed by atoms with Crippen LogP contribution in [0.15, 0.2) is 0 Å². The molecule has 0 aliphatic heterocycles. The second kappa shape index (κ2) is 8.54. The van der Waals surface area contributed by atoms with Crippen LogP contribution in [-0.2, 0) is 4.74 Å². The second-order valence-corrected chi connectivity index (χ2v) is 5.01. The van der Waals surface area contributed by atoms with Crippen LogP contribution in [-0.4, -0.2) is 42.6 Å². The van der Waals surface area contributed by atoms with Gasteiger partial charge in [0.25, 0.3) is 0 Å². The molecule has 90 valence electrons. The second-order valence-electron chi connectivity index (χ2n) is 4.21. The number of hydrogen-bond donors (Lipinski definition) is 0. The Morgan fingerprint density at radius 1 is 1.27 bits per heavy atom. The van der Waals surface area contributed by atoms with E-state index in [0.717, 1.165) is 24.6 Å². The quantitative estimate of drug-likeness (QED) is 0.500. The van der Waals surface area contributed by atoms with Gasteiger partial charge in [-0.1, -0.05) is 28.8 Å². The lowest BCUT2D eigenvalue weighted by atomic mass is 10.2. The Hall–Kier alpha value is 0.400. The van der Waals surface area contributed by atoms with Gasteiger partial charge in [-0.2, -0.15) is 0 Å². The Morgan fingerprint density at radius 3 is 2.60 bits per heavy atom.